The Morgan fingerprint density at radius 3 is 1.78 bits per heavy atom. The first-order chi connectivity index (χ1) is 13.1. The van der Waals surface area contributed by atoms with E-state index in [0.717, 1.165) is 88.8 Å². The van der Waals surface area contributed by atoms with Gasteiger partial charge in [-0.25, -0.2) is 0 Å². The zero-order chi connectivity index (χ0) is 18.5. The molecule has 0 spiro atoms. The molecule has 0 saturated carbocycles. The molecule has 3 fully saturated rings. The first-order valence-electron chi connectivity index (χ1n) is 10.2. The predicted molar refractivity (Wildman–Crippen MR) is 109 cm³/mol. The molecule has 1 aromatic heterocycles. The monoisotopic (exact) mass is 410 g/mol. The van der Waals surface area contributed by atoms with Crippen LogP contribution in [0.2, 0.25) is 5.02 Å². The molecule has 148 valence electrons. The molecule has 0 aliphatic carbocycles. The van der Waals surface area contributed by atoms with Crippen LogP contribution in [-0.4, -0.2) is 72.9 Å². The SMILES string of the molecule is OP(N1CCCC1)(N1CCCC1)(N1CCCC1)n1nnc2ccc(Cl)cc21. The van der Waals surface area contributed by atoms with E-state index in [0.29, 0.717) is 5.02 Å². The molecular weight excluding hydrogens is 383 g/mol. The Morgan fingerprint density at radius 1 is 0.815 bits per heavy atom. The van der Waals surface area contributed by atoms with Crippen LogP contribution in [0.4, 0.5) is 0 Å². The van der Waals surface area contributed by atoms with E-state index < -0.39 is 7.43 Å². The summed E-state index contributed by atoms with van der Waals surface area (Å²) >= 11 is 6.35. The van der Waals surface area contributed by atoms with Gasteiger partial charge in [0.25, 0.3) is 0 Å². The Kier molecular flexibility index (Phi) is 4.46. The van der Waals surface area contributed by atoms with Crippen molar-refractivity contribution in [2.75, 3.05) is 39.3 Å². The summed E-state index contributed by atoms with van der Waals surface area (Å²) in [5.41, 5.74) is 1.63. The van der Waals surface area contributed by atoms with Crippen LogP contribution in [0.3, 0.4) is 0 Å². The van der Waals surface area contributed by atoms with Crippen molar-refractivity contribution in [1.82, 2.24) is 28.8 Å². The Morgan fingerprint density at radius 2 is 1.30 bits per heavy atom. The number of halogens is 1. The summed E-state index contributed by atoms with van der Waals surface area (Å²) in [6, 6.07) is 5.66. The Labute approximate surface area is 165 Å². The molecule has 0 unspecified atom stereocenters. The predicted octanol–water partition coefficient (Wildman–Crippen LogP) is 3.34. The molecule has 3 aliphatic heterocycles. The van der Waals surface area contributed by atoms with Gasteiger partial charge in [-0.3, -0.25) is 0 Å². The molecule has 4 heterocycles. The third-order valence-electron chi connectivity index (χ3n) is 6.49. The molecule has 1 N–H and O–H groups in total. The summed E-state index contributed by atoms with van der Waals surface area (Å²) in [5.74, 6) is 0. The summed E-state index contributed by atoms with van der Waals surface area (Å²) in [6.07, 6.45) is 6.71. The van der Waals surface area contributed by atoms with E-state index >= 15 is 0 Å². The third kappa shape index (κ3) is 2.46. The van der Waals surface area contributed by atoms with Gasteiger partial charge < -0.3 is 0 Å². The van der Waals surface area contributed by atoms with Gasteiger partial charge in [0.2, 0.25) is 0 Å². The van der Waals surface area contributed by atoms with Crippen molar-refractivity contribution in [3.05, 3.63) is 23.2 Å². The van der Waals surface area contributed by atoms with Crippen molar-refractivity contribution in [1.29, 1.82) is 0 Å². The van der Waals surface area contributed by atoms with Gasteiger partial charge in [0.1, 0.15) is 0 Å². The quantitative estimate of drug-likeness (QED) is 0.780. The molecule has 9 heteroatoms. The summed E-state index contributed by atoms with van der Waals surface area (Å²) in [4.78, 5) is 13.1. The second-order valence-electron chi connectivity index (χ2n) is 7.99. The molecule has 1 aromatic carbocycles. The van der Waals surface area contributed by atoms with Crippen molar-refractivity contribution in [2.24, 2.45) is 0 Å². The van der Waals surface area contributed by atoms with Gasteiger partial charge in [-0.1, -0.05) is 0 Å². The molecule has 0 amide bonds. The van der Waals surface area contributed by atoms with Crippen molar-refractivity contribution in [3.63, 3.8) is 0 Å². The van der Waals surface area contributed by atoms with Crippen molar-refractivity contribution < 1.29 is 4.89 Å². The fraction of sp³-hybridized carbons (Fsp3) is 0.667. The van der Waals surface area contributed by atoms with Crippen LogP contribution in [0.1, 0.15) is 38.5 Å². The average Bonchev–Trinajstić information content (AvgIpc) is 3.49. The zero-order valence-corrected chi connectivity index (χ0v) is 17.3. The normalized spacial score (nSPS) is 24.7. The second-order valence-corrected chi connectivity index (χ2v) is 12.3. The van der Waals surface area contributed by atoms with Crippen molar-refractivity contribution in [3.8, 4) is 0 Å². The van der Waals surface area contributed by atoms with Crippen LogP contribution >= 0.6 is 19.0 Å². The molecule has 0 radical (unpaired) electrons. The number of hydrogen-bond donors (Lipinski definition) is 1. The van der Waals surface area contributed by atoms with Crippen LogP contribution in [0.15, 0.2) is 18.2 Å². The Balaban J connectivity index is 1.81. The number of aromatic nitrogens is 3. The fourth-order valence-electron chi connectivity index (χ4n) is 5.22. The topological polar surface area (TPSA) is 60.7 Å². The van der Waals surface area contributed by atoms with Gasteiger partial charge in [0, 0.05) is 0 Å². The number of hydrogen-bond acceptors (Lipinski definition) is 6. The molecule has 7 nitrogen and oxygen atoms in total. The summed E-state index contributed by atoms with van der Waals surface area (Å²) < 4.78 is 8.97. The van der Waals surface area contributed by atoms with E-state index in [4.69, 9.17) is 11.6 Å². The minimum absolute atomic E-state index is 0.653. The van der Waals surface area contributed by atoms with Crippen LogP contribution in [0, 0.1) is 0 Å². The fourth-order valence-corrected chi connectivity index (χ4v) is 10.9. The van der Waals surface area contributed by atoms with E-state index in [-0.39, 0.29) is 0 Å². The van der Waals surface area contributed by atoms with E-state index in [1.54, 1.807) is 0 Å². The van der Waals surface area contributed by atoms with E-state index in [1.807, 2.05) is 22.7 Å². The standard InChI is InChI=1S/C18H28ClN6OP/c19-16-7-8-17-18(15-16)25(21-20-17)27(26,22-9-1-2-10-22,23-11-3-4-12-23)24-13-5-6-14-24/h7-8,15,26H,1-6,9-14H2. The molecule has 27 heavy (non-hydrogen) atoms. The van der Waals surface area contributed by atoms with Gasteiger partial charge in [-0.2, -0.15) is 0 Å². The number of benzene rings is 1. The van der Waals surface area contributed by atoms with Gasteiger partial charge in [0.05, 0.1) is 0 Å². The first-order valence-corrected chi connectivity index (χ1v) is 12.5. The van der Waals surface area contributed by atoms with Crippen LogP contribution < -0.4 is 0 Å². The Hall–Kier alpha value is -0.820. The maximum atomic E-state index is 13.1. The molecular formula is C18H28ClN6OP. The maximum absolute atomic E-state index is 13.1. The molecule has 0 atom stereocenters. The van der Waals surface area contributed by atoms with Gasteiger partial charge >= 0.3 is 165 Å². The molecule has 2 aromatic rings. The molecule has 3 aliphatic rings. The average molecular weight is 411 g/mol. The molecule has 0 bridgehead atoms. The molecule has 3 saturated heterocycles. The minimum atomic E-state index is -3.84. The van der Waals surface area contributed by atoms with Gasteiger partial charge in [-0.15, -0.1) is 0 Å². The van der Waals surface area contributed by atoms with Crippen molar-refractivity contribution in [2.45, 2.75) is 38.5 Å². The summed E-state index contributed by atoms with van der Waals surface area (Å²) in [5, 5.41) is 9.69. The summed E-state index contributed by atoms with van der Waals surface area (Å²) in [6.45, 7) is 5.44. The van der Waals surface area contributed by atoms with Crippen molar-refractivity contribution >= 4 is 30.1 Å². The van der Waals surface area contributed by atoms with Crippen LogP contribution in [0.25, 0.3) is 11.0 Å². The van der Waals surface area contributed by atoms with Gasteiger partial charge in [-0.05, 0) is 0 Å². The number of rotatable bonds is 4. The van der Waals surface area contributed by atoms with Gasteiger partial charge in [0.15, 0.2) is 0 Å². The third-order valence-corrected chi connectivity index (χ3v) is 11.9. The number of nitrogens with zero attached hydrogens (tertiary/aromatic N) is 6. The van der Waals surface area contributed by atoms with E-state index in [9.17, 15) is 4.89 Å². The zero-order valence-electron chi connectivity index (χ0n) is 15.7. The summed E-state index contributed by atoms with van der Waals surface area (Å²) in [7, 11) is -3.84. The Bertz CT molecular complexity index is 798. The number of fused-ring (bicyclic) bond motifs is 1. The van der Waals surface area contributed by atoms with E-state index in [2.05, 4.69) is 24.3 Å². The van der Waals surface area contributed by atoms with Crippen LogP contribution in [-0.2, 0) is 0 Å². The second kappa shape index (κ2) is 6.61. The molecule has 5 rings (SSSR count). The first kappa shape index (κ1) is 18.2. The van der Waals surface area contributed by atoms with Crippen LogP contribution in [0.5, 0.6) is 0 Å². The van der Waals surface area contributed by atoms with E-state index in [1.165, 1.54) is 0 Å².